The standard InChI is InChI=1S/C17H26N2O/c20-13-15-8-10-19(11-9-15)17-7-2-1-6-16(17)18-12-14-4-3-5-14/h1-2,6-7,14-15,18,20H,3-5,8-13H2. The lowest BCUT2D eigenvalue weighted by Crippen LogP contribution is -2.35. The van der Waals surface area contributed by atoms with Crippen molar-refractivity contribution in [2.45, 2.75) is 32.1 Å². The van der Waals surface area contributed by atoms with Gasteiger partial charge in [-0.1, -0.05) is 18.6 Å². The topological polar surface area (TPSA) is 35.5 Å². The van der Waals surface area contributed by atoms with Crippen LogP contribution in [0.4, 0.5) is 11.4 Å². The zero-order valence-corrected chi connectivity index (χ0v) is 12.2. The number of hydrogen-bond donors (Lipinski definition) is 2. The number of piperidine rings is 1. The van der Waals surface area contributed by atoms with Crippen LogP contribution in [0.15, 0.2) is 24.3 Å². The normalized spacial score (nSPS) is 20.8. The lowest BCUT2D eigenvalue weighted by atomic mass is 9.85. The molecule has 3 nitrogen and oxygen atoms in total. The van der Waals surface area contributed by atoms with Gasteiger partial charge in [0.1, 0.15) is 0 Å². The second kappa shape index (κ2) is 6.49. The Morgan fingerprint density at radius 3 is 2.45 bits per heavy atom. The lowest BCUT2D eigenvalue weighted by Gasteiger charge is -2.34. The highest BCUT2D eigenvalue weighted by atomic mass is 16.3. The van der Waals surface area contributed by atoms with Crippen molar-refractivity contribution in [1.29, 1.82) is 0 Å². The number of nitrogens with zero attached hydrogens (tertiary/aromatic N) is 1. The maximum atomic E-state index is 9.25. The summed E-state index contributed by atoms with van der Waals surface area (Å²) in [5.41, 5.74) is 2.62. The van der Waals surface area contributed by atoms with Gasteiger partial charge in [-0.3, -0.25) is 0 Å². The number of aliphatic hydroxyl groups excluding tert-OH is 1. The molecule has 0 radical (unpaired) electrons. The summed E-state index contributed by atoms with van der Waals surface area (Å²) in [7, 11) is 0. The fourth-order valence-electron chi connectivity index (χ4n) is 3.21. The fourth-order valence-corrected chi connectivity index (χ4v) is 3.21. The summed E-state index contributed by atoms with van der Waals surface area (Å²) in [4.78, 5) is 2.47. The Hall–Kier alpha value is -1.22. The van der Waals surface area contributed by atoms with Crippen LogP contribution in [0.25, 0.3) is 0 Å². The van der Waals surface area contributed by atoms with Gasteiger partial charge in [-0.2, -0.15) is 0 Å². The van der Waals surface area contributed by atoms with Crippen molar-refractivity contribution in [3.05, 3.63) is 24.3 Å². The van der Waals surface area contributed by atoms with Crippen molar-refractivity contribution in [3.8, 4) is 0 Å². The molecule has 0 atom stereocenters. The molecule has 0 bridgehead atoms. The Morgan fingerprint density at radius 2 is 1.80 bits per heavy atom. The van der Waals surface area contributed by atoms with E-state index in [4.69, 9.17) is 0 Å². The van der Waals surface area contributed by atoms with Gasteiger partial charge in [0, 0.05) is 26.2 Å². The molecule has 0 spiro atoms. The Balaban J connectivity index is 1.62. The molecule has 1 heterocycles. The zero-order valence-electron chi connectivity index (χ0n) is 12.2. The number of nitrogens with one attached hydrogen (secondary N) is 1. The van der Waals surface area contributed by atoms with Gasteiger partial charge in [-0.15, -0.1) is 0 Å². The summed E-state index contributed by atoms with van der Waals surface area (Å²) in [5.74, 6) is 1.38. The van der Waals surface area contributed by atoms with Gasteiger partial charge >= 0.3 is 0 Å². The first-order valence-electron chi connectivity index (χ1n) is 8.05. The molecule has 2 N–H and O–H groups in total. The summed E-state index contributed by atoms with van der Waals surface area (Å²) in [5, 5.41) is 12.9. The number of benzene rings is 1. The third-order valence-corrected chi connectivity index (χ3v) is 4.92. The average Bonchev–Trinajstić information content (AvgIpc) is 2.46. The maximum Gasteiger partial charge on any atom is 0.0602 e. The molecule has 2 aliphatic rings. The van der Waals surface area contributed by atoms with Gasteiger partial charge < -0.3 is 15.3 Å². The van der Waals surface area contributed by atoms with E-state index in [-0.39, 0.29) is 0 Å². The molecular weight excluding hydrogens is 248 g/mol. The molecule has 110 valence electrons. The number of aliphatic hydroxyl groups is 1. The van der Waals surface area contributed by atoms with Gasteiger partial charge in [0.05, 0.1) is 11.4 Å². The van der Waals surface area contributed by atoms with Crippen molar-refractivity contribution >= 4 is 11.4 Å². The quantitative estimate of drug-likeness (QED) is 0.866. The molecule has 0 unspecified atom stereocenters. The van der Waals surface area contributed by atoms with Crippen molar-refractivity contribution in [3.63, 3.8) is 0 Å². The first-order chi connectivity index (χ1) is 9.86. The van der Waals surface area contributed by atoms with Gasteiger partial charge in [-0.25, -0.2) is 0 Å². The summed E-state index contributed by atoms with van der Waals surface area (Å²) in [6.45, 7) is 3.58. The lowest BCUT2D eigenvalue weighted by molar-refractivity contribution is 0.203. The van der Waals surface area contributed by atoms with Crippen LogP contribution in [0.3, 0.4) is 0 Å². The van der Waals surface area contributed by atoms with Crippen molar-refractivity contribution in [2.24, 2.45) is 11.8 Å². The predicted octanol–water partition coefficient (Wildman–Crippen LogP) is 3.11. The highest BCUT2D eigenvalue weighted by Gasteiger charge is 2.21. The van der Waals surface area contributed by atoms with Crippen LogP contribution >= 0.6 is 0 Å². The molecule has 3 rings (SSSR count). The molecule has 20 heavy (non-hydrogen) atoms. The minimum Gasteiger partial charge on any atom is -0.396 e. The van der Waals surface area contributed by atoms with E-state index in [9.17, 15) is 5.11 Å². The van der Waals surface area contributed by atoms with E-state index in [1.54, 1.807) is 0 Å². The molecule has 0 amide bonds. The molecule has 1 saturated carbocycles. The van der Waals surface area contributed by atoms with Gasteiger partial charge in [0.25, 0.3) is 0 Å². The highest BCUT2D eigenvalue weighted by molar-refractivity contribution is 5.70. The van der Waals surface area contributed by atoms with Crippen molar-refractivity contribution in [2.75, 3.05) is 36.5 Å². The summed E-state index contributed by atoms with van der Waals surface area (Å²) in [6.07, 6.45) is 6.39. The second-order valence-electron chi connectivity index (χ2n) is 6.31. The second-order valence-corrected chi connectivity index (χ2v) is 6.31. The van der Waals surface area contributed by atoms with Crippen LogP contribution in [0.2, 0.25) is 0 Å². The minimum atomic E-state index is 0.343. The zero-order chi connectivity index (χ0) is 13.8. The van der Waals surface area contributed by atoms with E-state index < -0.39 is 0 Å². The smallest absolute Gasteiger partial charge is 0.0602 e. The first-order valence-corrected chi connectivity index (χ1v) is 8.05. The maximum absolute atomic E-state index is 9.25. The third kappa shape index (κ3) is 3.09. The van der Waals surface area contributed by atoms with Crippen molar-refractivity contribution < 1.29 is 5.11 Å². The third-order valence-electron chi connectivity index (χ3n) is 4.92. The molecule has 1 aliphatic carbocycles. The van der Waals surface area contributed by atoms with E-state index in [0.717, 1.165) is 38.4 Å². The average molecular weight is 274 g/mol. The first kappa shape index (κ1) is 13.7. The summed E-state index contributed by atoms with van der Waals surface area (Å²) < 4.78 is 0. The van der Waals surface area contributed by atoms with Gasteiger partial charge in [0.2, 0.25) is 0 Å². The van der Waals surface area contributed by atoms with E-state index in [1.807, 2.05) is 0 Å². The van der Waals surface area contributed by atoms with E-state index >= 15 is 0 Å². The van der Waals surface area contributed by atoms with Crippen LogP contribution in [0, 0.1) is 11.8 Å². The van der Waals surface area contributed by atoms with E-state index in [0.29, 0.717) is 12.5 Å². The number of para-hydroxylation sites is 2. The molecular formula is C17H26N2O. The number of rotatable bonds is 5. The van der Waals surface area contributed by atoms with Crippen molar-refractivity contribution in [1.82, 2.24) is 0 Å². The van der Waals surface area contributed by atoms with Crippen LogP contribution in [-0.4, -0.2) is 31.3 Å². The molecule has 1 saturated heterocycles. The predicted molar refractivity (Wildman–Crippen MR) is 84.3 cm³/mol. The SMILES string of the molecule is OCC1CCN(c2ccccc2NCC2CCC2)CC1. The highest BCUT2D eigenvalue weighted by Crippen LogP contribution is 2.31. The monoisotopic (exact) mass is 274 g/mol. The Morgan fingerprint density at radius 1 is 1.05 bits per heavy atom. The molecule has 1 aromatic carbocycles. The van der Waals surface area contributed by atoms with E-state index in [2.05, 4.69) is 34.5 Å². The molecule has 1 aromatic rings. The Labute approximate surface area is 122 Å². The summed E-state index contributed by atoms with van der Waals surface area (Å²) in [6, 6.07) is 8.67. The van der Waals surface area contributed by atoms with E-state index in [1.165, 1.54) is 30.6 Å². The minimum absolute atomic E-state index is 0.343. The molecule has 0 aromatic heterocycles. The number of anilines is 2. The molecule has 2 fully saturated rings. The van der Waals surface area contributed by atoms with Gasteiger partial charge in [0.15, 0.2) is 0 Å². The largest absolute Gasteiger partial charge is 0.396 e. The van der Waals surface area contributed by atoms with Crippen LogP contribution in [0.5, 0.6) is 0 Å². The molecule has 1 aliphatic heterocycles. The summed E-state index contributed by atoms with van der Waals surface area (Å²) >= 11 is 0. The van der Waals surface area contributed by atoms with Crippen LogP contribution in [-0.2, 0) is 0 Å². The number of hydrogen-bond acceptors (Lipinski definition) is 3. The Bertz CT molecular complexity index is 423. The van der Waals surface area contributed by atoms with Crippen LogP contribution in [0.1, 0.15) is 32.1 Å². The van der Waals surface area contributed by atoms with Crippen LogP contribution < -0.4 is 10.2 Å². The fraction of sp³-hybridized carbons (Fsp3) is 0.647. The molecule has 3 heteroatoms. The van der Waals surface area contributed by atoms with Gasteiger partial charge in [-0.05, 0) is 49.7 Å². The Kier molecular flexibility index (Phi) is 4.46.